The molecule has 0 aromatic carbocycles. The maximum atomic E-state index is 9.68. The van der Waals surface area contributed by atoms with Crippen LogP contribution in [0.1, 0.15) is 32.1 Å². The minimum absolute atomic E-state index is 0.161. The summed E-state index contributed by atoms with van der Waals surface area (Å²) in [6.45, 7) is 0. The number of nitrogens with two attached hydrogens (primary N) is 1. The molecule has 2 aliphatic rings. The van der Waals surface area contributed by atoms with Gasteiger partial charge in [-0.1, -0.05) is 0 Å². The summed E-state index contributed by atoms with van der Waals surface area (Å²) in [5.41, 5.74) is 5.22. The second-order valence-corrected chi connectivity index (χ2v) is 3.54. The van der Waals surface area contributed by atoms with Gasteiger partial charge in [-0.3, -0.25) is 0 Å². The second-order valence-electron chi connectivity index (χ2n) is 3.54. The van der Waals surface area contributed by atoms with Crippen LogP contribution in [-0.2, 0) is 0 Å². The van der Waals surface area contributed by atoms with Crippen LogP contribution in [0.5, 0.6) is 0 Å². The average molecular weight is 127 g/mol. The zero-order chi connectivity index (χ0) is 6.54. The highest BCUT2D eigenvalue weighted by atomic mass is 16.3. The fourth-order valence-corrected chi connectivity index (χ4v) is 1.61. The fourth-order valence-electron chi connectivity index (χ4n) is 1.61. The molecule has 0 saturated heterocycles. The van der Waals surface area contributed by atoms with Crippen molar-refractivity contribution in [2.45, 2.75) is 43.2 Å². The molecular formula is C7H13NO. The first-order valence-corrected chi connectivity index (χ1v) is 3.68. The van der Waals surface area contributed by atoms with E-state index in [1.165, 1.54) is 0 Å². The predicted molar refractivity (Wildman–Crippen MR) is 35.0 cm³/mol. The molecule has 0 aromatic heterocycles. The van der Waals surface area contributed by atoms with Gasteiger partial charge in [-0.2, -0.15) is 0 Å². The Hall–Kier alpha value is -0.0800. The molecule has 2 nitrogen and oxygen atoms in total. The predicted octanol–water partition coefficient (Wildman–Crippen LogP) is 0.393. The van der Waals surface area contributed by atoms with E-state index in [0.717, 1.165) is 32.1 Å². The van der Waals surface area contributed by atoms with Crippen molar-refractivity contribution in [1.82, 2.24) is 0 Å². The first kappa shape index (κ1) is 5.69. The summed E-state index contributed by atoms with van der Waals surface area (Å²) < 4.78 is 0. The minimum Gasteiger partial charge on any atom is -0.388 e. The summed E-state index contributed by atoms with van der Waals surface area (Å²) in [7, 11) is 0. The van der Waals surface area contributed by atoms with Crippen LogP contribution in [0.4, 0.5) is 0 Å². The highest BCUT2D eigenvalue weighted by Crippen LogP contribution is 2.51. The molecule has 0 atom stereocenters. The lowest BCUT2D eigenvalue weighted by Crippen LogP contribution is -2.55. The Morgan fingerprint density at radius 2 is 1.67 bits per heavy atom. The summed E-state index contributed by atoms with van der Waals surface area (Å²) in [4.78, 5) is 0. The summed E-state index contributed by atoms with van der Waals surface area (Å²) >= 11 is 0. The monoisotopic (exact) mass is 127 g/mol. The van der Waals surface area contributed by atoms with Crippen LogP contribution in [0.2, 0.25) is 0 Å². The van der Waals surface area contributed by atoms with Crippen molar-refractivity contribution in [3.8, 4) is 0 Å². The van der Waals surface area contributed by atoms with Crippen LogP contribution < -0.4 is 5.73 Å². The maximum Gasteiger partial charge on any atom is 0.0826 e. The van der Waals surface area contributed by atoms with Gasteiger partial charge in [0.05, 0.1) is 5.60 Å². The van der Waals surface area contributed by atoms with Gasteiger partial charge in [0.1, 0.15) is 0 Å². The third-order valence-electron chi connectivity index (χ3n) is 2.90. The van der Waals surface area contributed by atoms with Crippen LogP contribution in [-0.4, -0.2) is 16.2 Å². The van der Waals surface area contributed by atoms with E-state index in [0.29, 0.717) is 0 Å². The molecule has 0 bridgehead atoms. The van der Waals surface area contributed by atoms with Crippen LogP contribution in [0.3, 0.4) is 0 Å². The van der Waals surface area contributed by atoms with E-state index < -0.39 is 5.60 Å². The van der Waals surface area contributed by atoms with E-state index in [1.807, 2.05) is 0 Å². The van der Waals surface area contributed by atoms with E-state index in [9.17, 15) is 5.11 Å². The largest absolute Gasteiger partial charge is 0.388 e. The van der Waals surface area contributed by atoms with Crippen molar-refractivity contribution < 1.29 is 5.11 Å². The van der Waals surface area contributed by atoms with Gasteiger partial charge in [0.2, 0.25) is 0 Å². The summed E-state index contributed by atoms with van der Waals surface area (Å²) in [6.07, 6.45) is 5.09. The van der Waals surface area contributed by atoms with Crippen molar-refractivity contribution >= 4 is 0 Å². The zero-order valence-corrected chi connectivity index (χ0v) is 5.56. The zero-order valence-electron chi connectivity index (χ0n) is 5.56. The van der Waals surface area contributed by atoms with E-state index in [1.54, 1.807) is 0 Å². The van der Waals surface area contributed by atoms with Crippen molar-refractivity contribution in [3.05, 3.63) is 0 Å². The third-order valence-corrected chi connectivity index (χ3v) is 2.90. The molecule has 0 aliphatic heterocycles. The molecule has 52 valence electrons. The molecule has 0 spiro atoms. The molecule has 0 radical (unpaired) electrons. The number of rotatable bonds is 1. The smallest absolute Gasteiger partial charge is 0.0826 e. The van der Waals surface area contributed by atoms with Crippen molar-refractivity contribution in [2.24, 2.45) is 5.73 Å². The number of hydrogen-bond donors (Lipinski definition) is 2. The Balaban J connectivity index is 2.11. The standard InChI is InChI=1S/C7H13NO/c8-6(4-5-6)7(9)2-1-3-7/h9H,1-5,8H2. The van der Waals surface area contributed by atoms with E-state index >= 15 is 0 Å². The van der Waals surface area contributed by atoms with Crippen LogP contribution in [0, 0.1) is 0 Å². The third kappa shape index (κ3) is 0.578. The molecule has 9 heavy (non-hydrogen) atoms. The molecule has 0 heterocycles. The van der Waals surface area contributed by atoms with E-state index in [-0.39, 0.29) is 5.54 Å². The molecule has 2 saturated carbocycles. The van der Waals surface area contributed by atoms with Crippen LogP contribution in [0.15, 0.2) is 0 Å². The molecule has 0 amide bonds. The first-order valence-electron chi connectivity index (χ1n) is 3.68. The lowest BCUT2D eigenvalue weighted by Gasteiger charge is -2.42. The molecular weight excluding hydrogens is 114 g/mol. The van der Waals surface area contributed by atoms with Gasteiger partial charge < -0.3 is 10.8 Å². The van der Waals surface area contributed by atoms with E-state index in [2.05, 4.69) is 0 Å². The van der Waals surface area contributed by atoms with E-state index in [4.69, 9.17) is 5.73 Å². The topological polar surface area (TPSA) is 46.2 Å². The van der Waals surface area contributed by atoms with Gasteiger partial charge in [-0.05, 0) is 32.1 Å². The maximum absolute atomic E-state index is 9.68. The lowest BCUT2D eigenvalue weighted by molar-refractivity contribution is -0.0640. The number of aliphatic hydroxyl groups is 1. The second kappa shape index (κ2) is 1.32. The fraction of sp³-hybridized carbons (Fsp3) is 1.00. The van der Waals surface area contributed by atoms with Gasteiger partial charge in [0.15, 0.2) is 0 Å². The molecule has 3 N–H and O–H groups in total. The highest BCUT2D eigenvalue weighted by Gasteiger charge is 2.58. The molecule has 0 unspecified atom stereocenters. The lowest BCUT2D eigenvalue weighted by atomic mass is 9.73. The van der Waals surface area contributed by atoms with Gasteiger partial charge in [-0.15, -0.1) is 0 Å². The van der Waals surface area contributed by atoms with Crippen LogP contribution in [0.25, 0.3) is 0 Å². The Kier molecular flexibility index (Phi) is 0.837. The average Bonchev–Trinajstić information content (AvgIpc) is 2.43. The summed E-state index contributed by atoms with van der Waals surface area (Å²) in [5.74, 6) is 0. The van der Waals surface area contributed by atoms with Gasteiger partial charge in [0.25, 0.3) is 0 Å². The summed E-state index contributed by atoms with van der Waals surface area (Å²) in [5, 5.41) is 9.68. The van der Waals surface area contributed by atoms with Crippen LogP contribution >= 0.6 is 0 Å². The minimum atomic E-state index is -0.451. The van der Waals surface area contributed by atoms with Gasteiger partial charge in [0, 0.05) is 5.54 Å². The van der Waals surface area contributed by atoms with Gasteiger partial charge >= 0.3 is 0 Å². The molecule has 2 rings (SSSR count). The molecule has 2 aliphatic carbocycles. The highest BCUT2D eigenvalue weighted by molar-refractivity contribution is 5.16. The van der Waals surface area contributed by atoms with Crippen molar-refractivity contribution in [1.29, 1.82) is 0 Å². The Morgan fingerprint density at radius 1 is 1.11 bits per heavy atom. The quantitative estimate of drug-likeness (QED) is 0.535. The molecule has 2 heteroatoms. The Labute approximate surface area is 55.1 Å². The Morgan fingerprint density at radius 3 is 1.78 bits per heavy atom. The van der Waals surface area contributed by atoms with Crippen molar-refractivity contribution in [3.63, 3.8) is 0 Å². The van der Waals surface area contributed by atoms with Crippen molar-refractivity contribution in [2.75, 3.05) is 0 Å². The molecule has 2 fully saturated rings. The summed E-state index contributed by atoms with van der Waals surface area (Å²) in [6, 6.07) is 0. The number of hydrogen-bond acceptors (Lipinski definition) is 2. The molecule has 0 aromatic rings. The first-order chi connectivity index (χ1) is 4.16. The SMILES string of the molecule is NC1(C2(O)CCC2)CC1. The Bertz CT molecular complexity index is 136. The normalized spacial score (nSPS) is 35.3. The van der Waals surface area contributed by atoms with Gasteiger partial charge in [-0.25, -0.2) is 0 Å².